The van der Waals surface area contributed by atoms with Crippen molar-refractivity contribution in [2.45, 2.75) is 46.0 Å². The lowest BCUT2D eigenvalue weighted by atomic mass is 10.1. The number of hydrogen-bond acceptors (Lipinski definition) is 10. The Morgan fingerprint density at radius 1 is 0.727 bits per heavy atom. The number of nitrogens with zero attached hydrogens (tertiary/aromatic N) is 4. The largest absolute Gasteiger partial charge is 0.490 e. The van der Waals surface area contributed by atoms with Crippen LogP contribution in [0.25, 0.3) is 0 Å². The molecule has 10 nitrogen and oxygen atoms in total. The van der Waals surface area contributed by atoms with Crippen molar-refractivity contribution in [2.75, 3.05) is 26.2 Å². The van der Waals surface area contributed by atoms with E-state index >= 15 is 0 Å². The van der Waals surface area contributed by atoms with Crippen molar-refractivity contribution in [1.29, 1.82) is 0 Å². The maximum Gasteiger partial charge on any atom is 0.490 e. The van der Waals surface area contributed by atoms with Gasteiger partial charge in [-0.05, 0) is 49.9 Å². The first-order chi connectivity index (χ1) is 20.7. The van der Waals surface area contributed by atoms with Crippen molar-refractivity contribution in [3.8, 4) is 0 Å². The first kappa shape index (κ1) is 38.8. The second kappa shape index (κ2) is 19.9. The monoisotopic (exact) mass is 670 g/mol. The Morgan fingerprint density at radius 2 is 1.02 bits per heavy atom. The lowest BCUT2D eigenvalue weighted by Crippen LogP contribution is -2.21. The highest BCUT2D eigenvalue weighted by molar-refractivity contribution is 8.00. The Bertz CT molecular complexity index is 1060. The fourth-order valence-corrected chi connectivity index (χ4v) is 5.79. The molecule has 2 aromatic heterocycles. The lowest BCUT2D eigenvalue weighted by Gasteiger charge is -2.14. The summed E-state index contributed by atoms with van der Waals surface area (Å²) in [4.78, 5) is 34.7. The van der Waals surface area contributed by atoms with E-state index in [-0.39, 0.29) is 0 Å². The second-order valence-corrected chi connectivity index (χ2v) is 11.3. The molecule has 2 aliphatic rings. The summed E-state index contributed by atoms with van der Waals surface area (Å²) in [7, 11) is 0. The maximum atomic E-state index is 10.6. The third-order valence-electron chi connectivity index (χ3n) is 5.58. The van der Waals surface area contributed by atoms with Crippen molar-refractivity contribution < 1.29 is 46.1 Å². The fraction of sp³-hybridized carbons (Fsp3) is 0.462. The van der Waals surface area contributed by atoms with Gasteiger partial charge < -0.3 is 20.8 Å². The van der Waals surface area contributed by atoms with Crippen molar-refractivity contribution in [1.82, 2.24) is 30.6 Å². The van der Waals surface area contributed by atoms with Crippen LogP contribution in [-0.4, -0.2) is 91.1 Å². The fourth-order valence-electron chi connectivity index (χ4n) is 3.56. The van der Waals surface area contributed by atoms with Crippen LogP contribution in [0.4, 0.5) is 26.3 Å². The van der Waals surface area contributed by atoms with Gasteiger partial charge in [0.1, 0.15) is 0 Å². The van der Waals surface area contributed by atoms with Crippen LogP contribution in [0, 0.1) is 11.8 Å². The molecule has 2 aromatic rings. The molecule has 0 saturated carbocycles. The van der Waals surface area contributed by atoms with E-state index in [0.29, 0.717) is 22.3 Å². The molecule has 0 spiro atoms. The predicted octanol–water partition coefficient (Wildman–Crippen LogP) is 4.73. The lowest BCUT2D eigenvalue weighted by molar-refractivity contribution is -0.193. The number of thioether (sulfide) groups is 2. The van der Waals surface area contributed by atoms with Gasteiger partial charge in [0.15, 0.2) is 10.3 Å². The Hall–Kier alpha value is -3.22. The van der Waals surface area contributed by atoms with E-state index in [0.717, 1.165) is 49.3 Å². The molecule has 244 valence electrons. The van der Waals surface area contributed by atoms with Crippen molar-refractivity contribution in [3.63, 3.8) is 0 Å². The van der Waals surface area contributed by atoms with Crippen molar-refractivity contribution in [3.05, 3.63) is 62.2 Å². The standard InChI is InChI=1S/2C11H15N3S.2C2HF3O2/c2*1-2-4-9-7-12-8-10(9)15-11-13-5-3-6-14-11;2*3-2(4,5)1(6)7/h2*2-3,5-6,9-10,12H,1,4,7-8H2;2*(H,6,7)/t2*9-,10-;;/m10../s1. The summed E-state index contributed by atoms with van der Waals surface area (Å²) in [5, 5.41) is 24.0. The summed E-state index contributed by atoms with van der Waals surface area (Å²) in [5.41, 5.74) is 0. The third kappa shape index (κ3) is 16.0. The number of hydrogen-bond donors (Lipinski definition) is 4. The molecule has 0 aromatic carbocycles. The zero-order valence-electron chi connectivity index (χ0n) is 23.2. The van der Waals surface area contributed by atoms with Crippen LogP contribution < -0.4 is 10.6 Å². The number of alkyl halides is 6. The highest BCUT2D eigenvalue weighted by atomic mass is 32.2. The number of aliphatic carboxylic acids is 2. The molecule has 2 fully saturated rings. The number of carboxylic acid groups (broad SMARTS) is 2. The number of aromatic nitrogens is 4. The summed E-state index contributed by atoms with van der Waals surface area (Å²) in [6, 6.07) is 3.69. The van der Waals surface area contributed by atoms with E-state index in [9.17, 15) is 26.3 Å². The number of carbonyl (C=O) groups is 2. The van der Waals surface area contributed by atoms with E-state index in [2.05, 4.69) is 43.7 Å². The van der Waals surface area contributed by atoms with E-state index in [1.165, 1.54) is 0 Å². The Morgan fingerprint density at radius 3 is 1.27 bits per heavy atom. The number of halogens is 6. The summed E-state index contributed by atoms with van der Waals surface area (Å²) in [6.45, 7) is 11.8. The average Bonchev–Trinajstić information content (AvgIpc) is 3.59. The maximum absolute atomic E-state index is 10.6. The van der Waals surface area contributed by atoms with E-state index in [1.807, 2.05) is 24.3 Å². The molecule has 2 saturated heterocycles. The highest BCUT2D eigenvalue weighted by Gasteiger charge is 2.39. The molecule has 0 amide bonds. The molecular formula is C26H32F6N6O4S2. The van der Waals surface area contributed by atoms with E-state index in [1.54, 1.807) is 48.3 Å². The van der Waals surface area contributed by atoms with Crippen LogP contribution in [-0.2, 0) is 9.59 Å². The molecule has 0 aliphatic carbocycles. The first-order valence-electron chi connectivity index (χ1n) is 12.8. The Balaban J connectivity index is 0.000000314. The molecule has 4 heterocycles. The summed E-state index contributed by atoms with van der Waals surface area (Å²) < 4.78 is 63.5. The van der Waals surface area contributed by atoms with Crippen LogP contribution in [0.5, 0.6) is 0 Å². The third-order valence-corrected chi connectivity index (χ3v) is 8.13. The Labute approximate surface area is 258 Å². The average molecular weight is 671 g/mol. The molecule has 18 heteroatoms. The van der Waals surface area contributed by atoms with Crippen LogP contribution in [0.3, 0.4) is 0 Å². The quantitative estimate of drug-likeness (QED) is 0.175. The second-order valence-electron chi connectivity index (χ2n) is 8.87. The molecule has 0 radical (unpaired) electrons. The van der Waals surface area contributed by atoms with Gasteiger partial charge in [0.25, 0.3) is 0 Å². The number of allylic oxidation sites excluding steroid dienone is 2. The molecular weight excluding hydrogens is 638 g/mol. The van der Waals surface area contributed by atoms with Gasteiger partial charge in [0.05, 0.1) is 0 Å². The minimum atomic E-state index is -5.08. The molecule has 4 atom stereocenters. The van der Waals surface area contributed by atoms with Gasteiger partial charge in [0.2, 0.25) is 0 Å². The molecule has 44 heavy (non-hydrogen) atoms. The normalized spacial score (nSPS) is 20.9. The smallest absolute Gasteiger partial charge is 0.475 e. The minimum Gasteiger partial charge on any atom is -0.475 e. The Kier molecular flexibility index (Phi) is 17.6. The van der Waals surface area contributed by atoms with Gasteiger partial charge >= 0.3 is 24.3 Å². The topological polar surface area (TPSA) is 150 Å². The molecule has 0 unspecified atom stereocenters. The van der Waals surface area contributed by atoms with Crippen molar-refractivity contribution >= 4 is 35.5 Å². The number of carboxylic acids is 2. The number of rotatable bonds is 8. The SMILES string of the molecule is C=CC[C@@H]1CNC[C@H]1Sc1ncccn1.C=CC[C@H]1CNC[C@@H]1Sc1ncccn1.O=C(O)C(F)(F)F.O=C(O)C(F)(F)F. The van der Waals surface area contributed by atoms with Crippen molar-refractivity contribution in [2.24, 2.45) is 11.8 Å². The van der Waals surface area contributed by atoms with Crippen LogP contribution >= 0.6 is 23.5 Å². The molecule has 4 rings (SSSR count). The van der Waals surface area contributed by atoms with E-state index in [4.69, 9.17) is 19.8 Å². The van der Waals surface area contributed by atoms with Gasteiger partial charge in [-0.3, -0.25) is 0 Å². The van der Waals surface area contributed by atoms with E-state index < -0.39 is 24.3 Å². The summed E-state index contributed by atoms with van der Waals surface area (Å²) in [5.74, 6) is -4.19. The van der Waals surface area contributed by atoms with Gasteiger partial charge in [0, 0.05) is 48.4 Å². The van der Waals surface area contributed by atoms with Gasteiger partial charge in [-0.25, -0.2) is 29.5 Å². The zero-order chi connectivity index (χ0) is 33.2. The zero-order valence-corrected chi connectivity index (χ0v) is 24.8. The number of nitrogens with one attached hydrogen (secondary N) is 2. The molecule has 4 N–H and O–H groups in total. The van der Waals surface area contributed by atoms with Gasteiger partial charge in [-0.1, -0.05) is 35.7 Å². The predicted molar refractivity (Wildman–Crippen MR) is 153 cm³/mol. The van der Waals surface area contributed by atoms with Crippen LogP contribution in [0.15, 0.2) is 72.5 Å². The van der Waals surface area contributed by atoms with Crippen LogP contribution in [0.1, 0.15) is 12.8 Å². The van der Waals surface area contributed by atoms with Crippen LogP contribution in [0.2, 0.25) is 0 Å². The summed E-state index contributed by atoms with van der Waals surface area (Å²) in [6.07, 6.45) is 3.13. The molecule has 2 aliphatic heterocycles. The summed E-state index contributed by atoms with van der Waals surface area (Å²) >= 11 is 3.53. The van der Waals surface area contributed by atoms with Gasteiger partial charge in [-0.15, -0.1) is 13.2 Å². The van der Waals surface area contributed by atoms with Gasteiger partial charge in [-0.2, -0.15) is 26.3 Å². The highest BCUT2D eigenvalue weighted by Crippen LogP contribution is 2.30. The first-order valence-corrected chi connectivity index (χ1v) is 14.6. The minimum absolute atomic E-state index is 0.574. The molecule has 0 bridgehead atoms.